The lowest BCUT2D eigenvalue weighted by atomic mass is 9.90. The van der Waals surface area contributed by atoms with E-state index in [1.165, 1.54) is 11.4 Å². The van der Waals surface area contributed by atoms with Crippen LogP contribution in [0.15, 0.2) is 5.10 Å². The van der Waals surface area contributed by atoms with Crippen LogP contribution in [-0.2, 0) is 9.59 Å². The lowest BCUT2D eigenvalue weighted by Gasteiger charge is -2.40. The molecule has 2 aliphatic rings. The molecule has 0 unspecified atom stereocenters. The Morgan fingerprint density at radius 1 is 1.39 bits per heavy atom. The lowest BCUT2D eigenvalue weighted by Crippen LogP contribution is -2.51. The van der Waals surface area contributed by atoms with Crippen LogP contribution in [0.1, 0.15) is 46.0 Å². The van der Waals surface area contributed by atoms with Crippen molar-refractivity contribution in [3.8, 4) is 0 Å². The summed E-state index contributed by atoms with van der Waals surface area (Å²) < 4.78 is 0. The summed E-state index contributed by atoms with van der Waals surface area (Å²) in [7, 11) is 1.61. The molecule has 0 saturated heterocycles. The fourth-order valence-electron chi connectivity index (χ4n) is 2.46. The quantitative estimate of drug-likeness (QED) is 0.761. The van der Waals surface area contributed by atoms with Crippen LogP contribution < -0.4 is 0 Å². The van der Waals surface area contributed by atoms with Crippen LogP contribution >= 0.6 is 0 Å². The maximum absolute atomic E-state index is 12.5. The number of hydrazone groups is 1. The van der Waals surface area contributed by atoms with Gasteiger partial charge in [0.1, 0.15) is 5.71 Å². The number of carbonyl (C=O) groups is 2. The van der Waals surface area contributed by atoms with Crippen LogP contribution in [0.4, 0.5) is 0 Å². The fraction of sp³-hybridized carbons (Fsp3) is 0.769. The van der Waals surface area contributed by atoms with Crippen molar-refractivity contribution in [2.24, 2.45) is 5.10 Å². The number of carbonyl (C=O) groups excluding carboxylic acids is 2. The van der Waals surface area contributed by atoms with Gasteiger partial charge in [-0.05, 0) is 33.1 Å². The van der Waals surface area contributed by atoms with Gasteiger partial charge in [-0.2, -0.15) is 5.10 Å². The molecule has 100 valence electrons. The summed E-state index contributed by atoms with van der Waals surface area (Å²) >= 11 is 0. The smallest absolute Gasteiger partial charge is 0.270 e. The predicted molar refractivity (Wildman–Crippen MR) is 69.1 cm³/mol. The molecule has 0 spiro atoms. The van der Waals surface area contributed by atoms with E-state index in [4.69, 9.17) is 0 Å². The molecular formula is C13H21N3O2. The van der Waals surface area contributed by atoms with Gasteiger partial charge in [0.25, 0.3) is 5.91 Å². The van der Waals surface area contributed by atoms with Gasteiger partial charge in [0, 0.05) is 32.0 Å². The van der Waals surface area contributed by atoms with Crippen LogP contribution in [0, 0.1) is 0 Å². The van der Waals surface area contributed by atoms with E-state index in [1.807, 2.05) is 18.7 Å². The molecule has 2 rings (SSSR count). The number of hydrogen-bond acceptors (Lipinski definition) is 3. The third kappa shape index (κ3) is 2.40. The molecule has 1 heterocycles. The van der Waals surface area contributed by atoms with E-state index in [1.54, 1.807) is 7.05 Å². The van der Waals surface area contributed by atoms with Crippen LogP contribution in [0.5, 0.6) is 0 Å². The topological polar surface area (TPSA) is 53.0 Å². The van der Waals surface area contributed by atoms with Crippen LogP contribution in [0.2, 0.25) is 0 Å². The van der Waals surface area contributed by atoms with Gasteiger partial charge in [-0.15, -0.1) is 0 Å². The summed E-state index contributed by atoms with van der Waals surface area (Å²) in [4.78, 5) is 25.8. The molecule has 1 fully saturated rings. The van der Waals surface area contributed by atoms with E-state index in [-0.39, 0.29) is 17.9 Å². The van der Waals surface area contributed by atoms with Crippen molar-refractivity contribution >= 4 is 17.5 Å². The predicted octanol–water partition coefficient (Wildman–Crippen LogP) is 1.38. The summed E-state index contributed by atoms with van der Waals surface area (Å²) in [6.45, 7) is 4.07. The first kappa shape index (κ1) is 13.1. The molecule has 0 aromatic heterocycles. The third-order valence-electron chi connectivity index (χ3n) is 3.71. The minimum Gasteiger partial charge on any atom is -0.332 e. The summed E-state index contributed by atoms with van der Waals surface area (Å²) in [5, 5.41) is 5.40. The van der Waals surface area contributed by atoms with Crippen molar-refractivity contribution in [1.29, 1.82) is 0 Å². The third-order valence-corrected chi connectivity index (χ3v) is 3.71. The second kappa shape index (κ2) is 5.08. The van der Waals surface area contributed by atoms with Crippen molar-refractivity contribution in [2.45, 2.75) is 58.0 Å². The molecule has 5 nitrogen and oxygen atoms in total. The van der Waals surface area contributed by atoms with E-state index in [0.717, 1.165) is 12.8 Å². The Morgan fingerprint density at radius 2 is 2.06 bits per heavy atom. The highest BCUT2D eigenvalue weighted by Gasteiger charge is 2.34. The second-order valence-electron chi connectivity index (χ2n) is 5.35. The molecule has 0 aromatic carbocycles. The zero-order valence-corrected chi connectivity index (χ0v) is 11.3. The monoisotopic (exact) mass is 251 g/mol. The average molecular weight is 251 g/mol. The van der Waals surface area contributed by atoms with Crippen molar-refractivity contribution in [3.63, 3.8) is 0 Å². The SMILES string of the molecule is CC(C)N(C(=O)C1=NN(C)C(=O)CC1)C1CCC1. The molecule has 0 bridgehead atoms. The van der Waals surface area contributed by atoms with E-state index in [2.05, 4.69) is 5.10 Å². The molecule has 0 N–H and O–H groups in total. The molecule has 1 aliphatic heterocycles. The summed E-state index contributed by atoms with van der Waals surface area (Å²) in [5.41, 5.74) is 0.526. The van der Waals surface area contributed by atoms with E-state index in [0.29, 0.717) is 24.6 Å². The zero-order chi connectivity index (χ0) is 13.3. The Balaban J connectivity index is 2.13. The summed E-state index contributed by atoms with van der Waals surface area (Å²) in [6.07, 6.45) is 4.24. The molecule has 1 saturated carbocycles. The van der Waals surface area contributed by atoms with Crippen LogP contribution in [-0.4, -0.2) is 46.6 Å². The Morgan fingerprint density at radius 3 is 2.50 bits per heavy atom. The Kier molecular flexibility index (Phi) is 3.68. The summed E-state index contributed by atoms with van der Waals surface area (Å²) in [6, 6.07) is 0.552. The Hall–Kier alpha value is -1.39. The standard InChI is InChI=1S/C13H21N3O2/c1-9(2)16(10-5-4-6-10)13(18)11-7-8-12(17)15(3)14-11/h9-10H,4-8H2,1-3H3. The van der Waals surface area contributed by atoms with Gasteiger partial charge < -0.3 is 4.90 Å². The molecule has 1 aliphatic carbocycles. The molecule has 0 radical (unpaired) electrons. The van der Waals surface area contributed by atoms with Crippen LogP contribution in [0.3, 0.4) is 0 Å². The first-order chi connectivity index (χ1) is 8.50. The maximum atomic E-state index is 12.5. The van der Waals surface area contributed by atoms with Gasteiger partial charge in [-0.1, -0.05) is 0 Å². The molecule has 5 heteroatoms. The lowest BCUT2D eigenvalue weighted by molar-refractivity contribution is -0.132. The van der Waals surface area contributed by atoms with Gasteiger partial charge >= 0.3 is 0 Å². The van der Waals surface area contributed by atoms with E-state index >= 15 is 0 Å². The van der Waals surface area contributed by atoms with Gasteiger partial charge in [0.15, 0.2) is 0 Å². The molecule has 0 atom stereocenters. The van der Waals surface area contributed by atoms with E-state index in [9.17, 15) is 9.59 Å². The second-order valence-corrected chi connectivity index (χ2v) is 5.35. The first-order valence-electron chi connectivity index (χ1n) is 6.67. The fourth-order valence-corrected chi connectivity index (χ4v) is 2.46. The highest BCUT2D eigenvalue weighted by molar-refractivity contribution is 6.39. The van der Waals surface area contributed by atoms with Crippen molar-refractivity contribution < 1.29 is 9.59 Å². The van der Waals surface area contributed by atoms with Gasteiger partial charge in [0.05, 0.1) is 0 Å². The summed E-state index contributed by atoms with van der Waals surface area (Å²) in [5.74, 6) is -0.0136. The molecule has 0 aromatic rings. The minimum absolute atomic E-state index is 0.00838. The normalized spacial score (nSPS) is 20.8. The Bertz CT molecular complexity index is 386. The van der Waals surface area contributed by atoms with Crippen molar-refractivity contribution in [2.75, 3.05) is 7.05 Å². The van der Waals surface area contributed by atoms with Gasteiger partial charge in [0.2, 0.25) is 5.91 Å². The molecule has 18 heavy (non-hydrogen) atoms. The number of rotatable bonds is 3. The van der Waals surface area contributed by atoms with Gasteiger partial charge in [-0.3, -0.25) is 9.59 Å². The Labute approximate surface area is 108 Å². The van der Waals surface area contributed by atoms with E-state index < -0.39 is 0 Å². The largest absolute Gasteiger partial charge is 0.332 e. The van der Waals surface area contributed by atoms with Gasteiger partial charge in [-0.25, -0.2) is 5.01 Å². The average Bonchev–Trinajstić information content (AvgIpc) is 2.25. The minimum atomic E-state index is -0.0220. The number of amides is 2. The molecule has 2 amide bonds. The number of nitrogens with zero attached hydrogens (tertiary/aromatic N) is 3. The highest BCUT2D eigenvalue weighted by Crippen LogP contribution is 2.27. The molecular weight excluding hydrogens is 230 g/mol. The highest BCUT2D eigenvalue weighted by atomic mass is 16.2. The van der Waals surface area contributed by atoms with Crippen molar-refractivity contribution in [1.82, 2.24) is 9.91 Å². The zero-order valence-electron chi connectivity index (χ0n) is 11.3. The first-order valence-corrected chi connectivity index (χ1v) is 6.67. The maximum Gasteiger partial charge on any atom is 0.270 e. The van der Waals surface area contributed by atoms with Crippen molar-refractivity contribution in [3.05, 3.63) is 0 Å². The van der Waals surface area contributed by atoms with Crippen LogP contribution in [0.25, 0.3) is 0 Å². The number of hydrogen-bond donors (Lipinski definition) is 0.